The van der Waals surface area contributed by atoms with Crippen molar-refractivity contribution in [2.45, 2.75) is 12.3 Å². The van der Waals surface area contributed by atoms with Gasteiger partial charge in [-0.15, -0.1) is 0 Å². The third-order valence-electron chi connectivity index (χ3n) is 3.63. The lowest BCUT2D eigenvalue weighted by atomic mass is 10.1. The lowest BCUT2D eigenvalue weighted by molar-refractivity contribution is -0.385. The first kappa shape index (κ1) is 16.1. The molecule has 1 aliphatic rings. The molecular formula is C13H12F3N5O3. The summed E-state index contributed by atoms with van der Waals surface area (Å²) in [6.45, 7) is 0.140. The van der Waals surface area contributed by atoms with E-state index in [1.807, 2.05) is 0 Å². The summed E-state index contributed by atoms with van der Waals surface area (Å²) in [4.78, 5) is 18.1. The predicted octanol–water partition coefficient (Wildman–Crippen LogP) is 2.19. The zero-order chi connectivity index (χ0) is 17.5. The number of H-pyrrole nitrogens is 1. The first-order valence-corrected chi connectivity index (χ1v) is 6.82. The van der Waals surface area contributed by atoms with E-state index in [0.29, 0.717) is 11.8 Å². The molecule has 0 saturated heterocycles. The van der Waals surface area contributed by atoms with Crippen molar-refractivity contribution in [1.82, 2.24) is 9.97 Å². The molecule has 0 fully saturated rings. The molecular weight excluding hydrogens is 331 g/mol. The molecule has 3 N–H and O–H groups in total. The van der Waals surface area contributed by atoms with Gasteiger partial charge in [0.1, 0.15) is 18.3 Å². The molecule has 8 nitrogen and oxygen atoms in total. The predicted molar refractivity (Wildman–Crippen MR) is 76.5 cm³/mol. The maximum Gasteiger partial charge on any atom is 0.420 e. The van der Waals surface area contributed by atoms with E-state index in [4.69, 9.17) is 10.5 Å². The van der Waals surface area contributed by atoms with Crippen LogP contribution >= 0.6 is 0 Å². The van der Waals surface area contributed by atoms with Gasteiger partial charge in [0.05, 0.1) is 35.4 Å². The first-order valence-electron chi connectivity index (χ1n) is 6.82. The SMILES string of the molecule is NC(c1cnc[nH]1)N1CCOc2c1cc([N+](=O)[O-])cc2C(F)(F)F. The van der Waals surface area contributed by atoms with E-state index in [1.54, 1.807) is 0 Å². The summed E-state index contributed by atoms with van der Waals surface area (Å²) in [5.74, 6) is -0.464. The second kappa shape index (κ2) is 5.67. The summed E-state index contributed by atoms with van der Waals surface area (Å²) >= 11 is 0. The van der Waals surface area contributed by atoms with Crippen LogP contribution in [0.1, 0.15) is 17.4 Å². The van der Waals surface area contributed by atoms with Gasteiger partial charge in [-0.1, -0.05) is 0 Å². The molecule has 24 heavy (non-hydrogen) atoms. The number of hydrogen-bond donors (Lipinski definition) is 2. The molecule has 11 heteroatoms. The van der Waals surface area contributed by atoms with E-state index < -0.39 is 34.3 Å². The van der Waals surface area contributed by atoms with Gasteiger partial charge < -0.3 is 20.4 Å². The van der Waals surface area contributed by atoms with Crippen LogP contribution in [0.2, 0.25) is 0 Å². The van der Waals surface area contributed by atoms with Crippen LogP contribution in [-0.2, 0) is 6.18 Å². The number of nitro groups is 1. The number of nitrogens with one attached hydrogen (secondary N) is 1. The molecule has 0 bridgehead atoms. The number of rotatable bonds is 3. The topological polar surface area (TPSA) is 110 Å². The zero-order valence-corrected chi connectivity index (χ0v) is 12.1. The number of nitrogens with two attached hydrogens (primary N) is 1. The Morgan fingerprint density at radius 3 is 2.79 bits per heavy atom. The number of anilines is 1. The summed E-state index contributed by atoms with van der Waals surface area (Å²) in [6.07, 6.45) is -2.83. The molecule has 2 aromatic rings. The van der Waals surface area contributed by atoms with E-state index in [1.165, 1.54) is 17.4 Å². The Morgan fingerprint density at radius 1 is 1.46 bits per heavy atom. The van der Waals surface area contributed by atoms with Crippen LogP contribution in [0.15, 0.2) is 24.7 Å². The fourth-order valence-electron chi connectivity index (χ4n) is 2.53. The van der Waals surface area contributed by atoms with E-state index in [2.05, 4.69) is 9.97 Å². The molecule has 1 atom stereocenters. The molecule has 0 amide bonds. The minimum atomic E-state index is -4.79. The minimum Gasteiger partial charge on any atom is -0.489 e. The minimum absolute atomic E-state index is 0.0320. The van der Waals surface area contributed by atoms with E-state index in [0.717, 1.165) is 6.07 Å². The first-order chi connectivity index (χ1) is 11.3. The van der Waals surface area contributed by atoms with Crippen molar-refractivity contribution >= 4 is 11.4 Å². The number of non-ortho nitro benzene ring substituents is 1. The number of ether oxygens (including phenoxy) is 1. The molecule has 1 aliphatic heterocycles. The van der Waals surface area contributed by atoms with Crippen molar-refractivity contribution in [2.24, 2.45) is 5.73 Å². The maximum absolute atomic E-state index is 13.3. The molecule has 3 rings (SSSR count). The zero-order valence-electron chi connectivity index (χ0n) is 12.1. The van der Waals surface area contributed by atoms with Crippen molar-refractivity contribution < 1.29 is 22.8 Å². The van der Waals surface area contributed by atoms with Crippen LogP contribution in [0.3, 0.4) is 0 Å². The molecule has 1 unspecified atom stereocenters. The van der Waals surface area contributed by atoms with Crippen LogP contribution in [0.5, 0.6) is 5.75 Å². The standard InChI is InChI=1S/C13H12F3N5O3/c14-13(15,16)8-3-7(21(22)23)4-10-11(8)24-2-1-20(10)12(17)9-5-18-6-19-9/h3-6,12H,1-2,17H2,(H,18,19). The van der Waals surface area contributed by atoms with Gasteiger partial charge in [-0.05, 0) is 0 Å². The molecule has 0 saturated carbocycles. The lowest BCUT2D eigenvalue weighted by Gasteiger charge is -2.36. The fraction of sp³-hybridized carbons (Fsp3) is 0.308. The van der Waals surface area contributed by atoms with Crippen LogP contribution < -0.4 is 15.4 Å². The molecule has 0 spiro atoms. The van der Waals surface area contributed by atoms with Crippen LogP contribution in [0.25, 0.3) is 0 Å². The lowest BCUT2D eigenvalue weighted by Crippen LogP contribution is -2.41. The summed E-state index contributed by atoms with van der Waals surface area (Å²) < 4.78 is 44.9. The number of nitrogens with zero attached hydrogens (tertiary/aromatic N) is 3. The maximum atomic E-state index is 13.3. The number of alkyl halides is 3. The average molecular weight is 343 g/mol. The molecule has 1 aromatic heterocycles. The Balaban J connectivity index is 2.15. The van der Waals surface area contributed by atoms with Gasteiger partial charge >= 0.3 is 6.18 Å². The Bertz CT molecular complexity index is 763. The van der Waals surface area contributed by atoms with Gasteiger partial charge in [0.2, 0.25) is 0 Å². The molecule has 0 aliphatic carbocycles. The quantitative estimate of drug-likeness (QED) is 0.653. The van der Waals surface area contributed by atoms with Crippen LogP contribution in [0, 0.1) is 10.1 Å². The number of hydrogen-bond acceptors (Lipinski definition) is 6. The normalized spacial score (nSPS) is 15.6. The van der Waals surface area contributed by atoms with Gasteiger partial charge in [0.15, 0.2) is 5.75 Å². The third-order valence-corrected chi connectivity index (χ3v) is 3.63. The Labute approximate surface area is 133 Å². The number of nitro benzene ring substituents is 1. The van der Waals surface area contributed by atoms with E-state index >= 15 is 0 Å². The Kier molecular flexibility index (Phi) is 3.79. The molecule has 128 valence electrons. The van der Waals surface area contributed by atoms with Crippen LogP contribution in [-0.4, -0.2) is 28.0 Å². The fourth-order valence-corrected chi connectivity index (χ4v) is 2.53. The van der Waals surface area contributed by atoms with Crippen molar-refractivity contribution in [3.8, 4) is 5.75 Å². The number of benzene rings is 1. The largest absolute Gasteiger partial charge is 0.489 e. The van der Waals surface area contributed by atoms with Crippen molar-refractivity contribution in [3.05, 3.63) is 46.0 Å². The smallest absolute Gasteiger partial charge is 0.420 e. The average Bonchev–Trinajstić information content (AvgIpc) is 3.05. The highest BCUT2D eigenvalue weighted by molar-refractivity contribution is 5.69. The van der Waals surface area contributed by atoms with Gasteiger partial charge in [0.25, 0.3) is 5.69 Å². The second-order valence-electron chi connectivity index (χ2n) is 5.09. The summed E-state index contributed by atoms with van der Waals surface area (Å²) in [6, 6.07) is 1.49. The van der Waals surface area contributed by atoms with E-state index in [-0.39, 0.29) is 18.8 Å². The monoisotopic (exact) mass is 343 g/mol. The molecule has 0 radical (unpaired) electrons. The number of halogens is 3. The number of fused-ring (bicyclic) bond motifs is 1. The van der Waals surface area contributed by atoms with Crippen molar-refractivity contribution in [2.75, 3.05) is 18.1 Å². The highest BCUT2D eigenvalue weighted by Crippen LogP contribution is 2.46. The van der Waals surface area contributed by atoms with Gasteiger partial charge in [-0.2, -0.15) is 13.2 Å². The van der Waals surface area contributed by atoms with Gasteiger partial charge in [-0.25, -0.2) is 4.98 Å². The highest BCUT2D eigenvalue weighted by Gasteiger charge is 2.40. The summed E-state index contributed by atoms with van der Waals surface area (Å²) in [5, 5.41) is 11.0. The third kappa shape index (κ3) is 2.73. The number of imidazole rings is 1. The Morgan fingerprint density at radius 2 is 2.21 bits per heavy atom. The molecule has 2 heterocycles. The number of aromatic amines is 1. The highest BCUT2D eigenvalue weighted by atomic mass is 19.4. The van der Waals surface area contributed by atoms with Crippen molar-refractivity contribution in [1.29, 1.82) is 0 Å². The number of aromatic nitrogens is 2. The van der Waals surface area contributed by atoms with Gasteiger partial charge in [0, 0.05) is 12.1 Å². The Hall–Kier alpha value is -2.82. The summed E-state index contributed by atoms with van der Waals surface area (Å²) in [5.41, 5.74) is 4.56. The second-order valence-corrected chi connectivity index (χ2v) is 5.09. The van der Waals surface area contributed by atoms with Gasteiger partial charge in [-0.3, -0.25) is 10.1 Å². The van der Waals surface area contributed by atoms with Crippen LogP contribution in [0.4, 0.5) is 24.5 Å². The van der Waals surface area contributed by atoms with Crippen molar-refractivity contribution in [3.63, 3.8) is 0 Å². The summed E-state index contributed by atoms with van der Waals surface area (Å²) in [7, 11) is 0. The van der Waals surface area contributed by atoms with E-state index in [9.17, 15) is 23.3 Å². The molecule has 1 aromatic carbocycles.